The summed E-state index contributed by atoms with van der Waals surface area (Å²) in [5.41, 5.74) is 0.303. The Labute approximate surface area is 108 Å². The van der Waals surface area contributed by atoms with Crippen molar-refractivity contribution in [3.05, 3.63) is 35.9 Å². The number of amides is 1. The zero-order valence-electron chi connectivity index (χ0n) is 11.1. The molecule has 98 valence electrons. The molecular weight excluding hydrogens is 226 g/mol. The van der Waals surface area contributed by atoms with Gasteiger partial charge in [0, 0.05) is 13.1 Å². The first-order valence-corrected chi connectivity index (χ1v) is 6.56. The van der Waals surface area contributed by atoms with Crippen LogP contribution in [0, 0.1) is 0 Å². The van der Waals surface area contributed by atoms with Gasteiger partial charge in [0.05, 0.1) is 11.5 Å². The lowest BCUT2D eigenvalue weighted by molar-refractivity contribution is -0.138. The third-order valence-corrected chi connectivity index (χ3v) is 3.66. The van der Waals surface area contributed by atoms with Crippen molar-refractivity contribution < 1.29 is 9.90 Å². The molecule has 3 heteroatoms. The number of carbonyl (C=O) groups excluding carboxylic acids is 1. The standard InChI is InChI=1S/C15H21NO2/c1-12(13-7-4-3-5-8-13)14(17)16-10-6-9-15(2,18)11-16/h3-5,7-8,12,18H,6,9-11H2,1-2H3. The zero-order chi connectivity index (χ0) is 13.2. The van der Waals surface area contributed by atoms with Crippen molar-refractivity contribution in [3.63, 3.8) is 0 Å². The van der Waals surface area contributed by atoms with E-state index in [9.17, 15) is 9.90 Å². The highest BCUT2D eigenvalue weighted by molar-refractivity contribution is 5.83. The summed E-state index contributed by atoms with van der Waals surface area (Å²) >= 11 is 0. The number of hydrogen-bond donors (Lipinski definition) is 1. The van der Waals surface area contributed by atoms with Gasteiger partial charge in [-0.05, 0) is 32.3 Å². The SMILES string of the molecule is CC(C(=O)N1CCCC(C)(O)C1)c1ccccc1. The molecule has 0 radical (unpaired) electrons. The number of nitrogens with zero attached hydrogens (tertiary/aromatic N) is 1. The van der Waals surface area contributed by atoms with Gasteiger partial charge < -0.3 is 10.0 Å². The molecule has 2 rings (SSSR count). The Bertz CT molecular complexity index is 414. The molecule has 1 fully saturated rings. The minimum atomic E-state index is -0.732. The molecule has 2 unspecified atom stereocenters. The fourth-order valence-corrected chi connectivity index (χ4v) is 2.57. The zero-order valence-corrected chi connectivity index (χ0v) is 11.1. The predicted octanol–water partition coefficient (Wildman–Crippen LogP) is 2.16. The van der Waals surface area contributed by atoms with Gasteiger partial charge in [0.25, 0.3) is 0 Å². The highest BCUT2D eigenvalue weighted by Gasteiger charge is 2.32. The molecule has 1 aliphatic heterocycles. The molecule has 3 nitrogen and oxygen atoms in total. The Hall–Kier alpha value is -1.35. The van der Waals surface area contributed by atoms with Gasteiger partial charge in [-0.25, -0.2) is 0 Å². The van der Waals surface area contributed by atoms with Crippen LogP contribution in [0.2, 0.25) is 0 Å². The van der Waals surface area contributed by atoms with Crippen LogP contribution < -0.4 is 0 Å². The van der Waals surface area contributed by atoms with Crippen molar-refractivity contribution in [3.8, 4) is 0 Å². The van der Waals surface area contributed by atoms with Crippen LogP contribution in [-0.4, -0.2) is 34.6 Å². The molecule has 1 heterocycles. The fraction of sp³-hybridized carbons (Fsp3) is 0.533. The van der Waals surface area contributed by atoms with Crippen LogP contribution in [0.15, 0.2) is 30.3 Å². The molecule has 1 aromatic carbocycles. The van der Waals surface area contributed by atoms with E-state index >= 15 is 0 Å². The largest absolute Gasteiger partial charge is 0.388 e. The van der Waals surface area contributed by atoms with Crippen LogP contribution in [0.1, 0.15) is 38.2 Å². The van der Waals surface area contributed by atoms with E-state index in [-0.39, 0.29) is 11.8 Å². The van der Waals surface area contributed by atoms with Crippen LogP contribution in [0.25, 0.3) is 0 Å². The van der Waals surface area contributed by atoms with Gasteiger partial charge in [-0.1, -0.05) is 30.3 Å². The highest BCUT2D eigenvalue weighted by atomic mass is 16.3. The highest BCUT2D eigenvalue weighted by Crippen LogP contribution is 2.24. The summed E-state index contributed by atoms with van der Waals surface area (Å²) in [7, 11) is 0. The Morgan fingerprint density at radius 1 is 1.39 bits per heavy atom. The minimum absolute atomic E-state index is 0.112. The van der Waals surface area contributed by atoms with Gasteiger partial charge >= 0.3 is 0 Å². The van der Waals surface area contributed by atoms with E-state index in [2.05, 4.69) is 0 Å². The Morgan fingerprint density at radius 3 is 2.67 bits per heavy atom. The smallest absolute Gasteiger partial charge is 0.229 e. The van der Waals surface area contributed by atoms with Crippen molar-refractivity contribution in [2.24, 2.45) is 0 Å². The van der Waals surface area contributed by atoms with Gasteiger partial charge in [0.2, 0.25) is 5.91 Å². The first kappa shape index (κ1) is 13.1. The van der Waals surface area contributed by atoms with Crippen LogP contribution in [0.4, 0.5) is 0 Å². The Kier molecular flexibility index (Phi) is 3.71. The topological polar surface area (TPSA) is 40.5 Å². The minimum Gasteiger partial charge on any atom is -0.388 e. The molecule has 1 aromatic rings. The number of piperidine rings is 1. The second-order valence-corrected chi connectivity index (χ2v) is 5.49. The number of β-amino-alcohol motifs (C(OH)–C–C–N with tert-alkyl or cyclic N) is 1. The maximum atomic E-state index is 12.4. The normalized spacial score (nSPS) is 25.8. The van der Waals surface area contributed by atoms with Gasteiger partial charge in [-0.15, -0.1) is 0 Å². The third-order valence-electron chi connectivity index (χ3n) is 3.66. The van der Waals surface area contributed by atoms with Gasteiger partial charge in [0.15, 0.2) is 0 Å². The molecule has 1 amide bonds. The van der Waals surface area contributed by atoms with E-state index in [0.717, 1.165) is 24.9 Å². The molecule has 0 spiro atoms. The lowest BCUT2D eigenvalue weighted by Crippen LogP contribution is -2.49. The van der Waals surface area contributed by atoms with Crippen LogP contribution in [-0.2, 0) is 4.79 Å². The van der Waals surface area contributed by atoms with E-state index < -0.39 is 5.60 Å². The van der Waals surface area contributed by atoms with E-state index in [0.29, 0.717) is 6.54 Å². The molecule has 0 aromatic heterocycles. The first-order valence-electron chi connectivity index (χ1n) is 6.56. The predicted molar refractivity (Wildman–Crippen MR) is 71.3 cm³/mol. The molecule has 18 heavy (non-hydrogen) atoms. The number of hydrogen-bond acceptors (Lipinski definition) is 2. The molecule has 1 aliphatic rings. The van der Waals surface area contributed by atoms with Crippen molar-refractivity contribution in [1.82, 2.24) is 4.90 Å². The molecule has 0 aliphatic carbocycles. The van der Waals surface area contributed by atoms with Gasteiger partial charge in [0.1, 0.15) is 0 Å². The van der Waals surface area contributed by atoms with Crippen molar-refractivity contribution >= 4 is 5.91 Å². The quantitative estimate of drug-likeness (QED) is 0.870. The average molecular weight is 247 g/mol. The summed E-state index contributed by atoms with van der Waals surface area (Å²) in [5, 5.41) is 10.1. The second kappa shape index (κ2) is 5.11. The first-order chi connectivity index (χ1) is 8.49. The number of benzene rings is 1. The van der Waals surface area contributed by atoms with Crippen LogP contribution in [0.3, 0.4) is 0 Å². The molecule has 0 bridgehead atoms. The fourth-order valence-electron chi connectivity index (χ4n) is 2.57. The maximum Gasteiger partial charge on any atom is 0.229 e. The van der Waals surface area contributed by atoms with Gasteiger partial charge in [-0.2, -0.15) is 0 Å². The van der Waals surface area contributed by atoms with Crippen LogP contribution in [0.5, 0.6) is 0 Å². The van der Waals surface area contributed by atoms with Crippen LogP contribution >= 0.6 is 0 Å². The number of carbonyl (C=O) groups is 1. The van der Waals surface area contributed by atoms with Crippen molar-refractivity contribution in [1.29, 1.82) is 0 Å². The van der Waals surface area contributed by atoms with E-state index in [1.165, 1.54) is 0 Å². The lowest BCUT2D eigenvalue weighted by Gasteiger charge is -2.38. The summed E-state index contributed by atoms with van der Waals surface area (Å²) in [6, 6.07) is 9.80. The lowest BCUT2D eigenvalue weighted by atomic mass is 9.92. The van der Waals surface area contributed by atoms with E-state index in [1.54, 1.807) is 11.8 Å². The average Bonchev–Trinajstić information content (AvgIpc) is 2.37. The monoisotopic (exact) mass is 247 g/mol. The Morgan fingerprint density at radius 2 is 2.06 bits per heavy atom. The number of aliphatic hydroxyl groups is 1. The number of rotatable bonds is 2. The van der Waals surface area contributed by atoms with E-state index in [1.807, 2.05) is 37.3 Å². The summed E-state index contributed by atoms with van der Waals surface area (Å²) in [6.07, 6.45) is 1.65. The second-order valence-electron chi connectivity index (χ2n) is 5.49. The summed E-state index contributed by atoms with van der Waals surface area (Å²) < 4.78 is 0. The van der Waals surface area contributed by atoms with Crippen molar-refractivity contribution in [2.45, 2.75) is 38.2 Å². The van der Waals surface area contributed by atoms with Gasteiger partial charge in [-0.3, -0.25) is 4.79 Å². The molecule has 1 saturated heterocycles. The number of likely N-dealkylation sites (tertiary alicyclic amines) is 1. The van der Waals surface area contributed by atoms with E-state index in [4.69, 9.17) is 0 Å². The van der Waals surface area contributed by atoms with Crippen molar-refractivity contribution in [2.75, 3.05) is 13.1 Å². The summed E-state index contributed by atoms with van der Waals surface area (Å²) in [4.78, 5) is 14.2. The molecule has 2 atom stereocenters. The summed E-state index contributed by atoms with van der Waals surface area (Å²) in [6.45, 7) is 4.94. The molecule has 0 saturated carbocycles. The third kappa shape index (κ3) is 2.91. The molecular formula is C15H21NO2. The maximum absolute atomic E-state index is 12.4. The summed E-state index contributed by atoms with van der Waals surface area (Å²) in [5.74, 6) is -0.0266. The Balaban J connectivity index is 2.07. The molecule has 1 N–H and O–H groups in total.